The van der Waals surface area contributed by atoms with E-state index in [2.05, 4.69) is 4.98 Å². The van der Waals surface area contributed by atoms with Crippen LogP contribution in [0, 0.1) is 0 Å². The van der Waals surface area contributed by atoms with Gasteiger partial charge in [0.25, 0.3) is 11.8 Å². The van der Waals surface area contributed by atoms with Crippen LogP contribution in [0.5, 0.6) is 0 Å². The molecule has 5 nitrogen and oxygen atoms in total. The Labute approximate surface area is 126 Å². The standard InChI is InChI=1S/C17H11N3O2/c21-16-10-15(17(22)20(16)12-6-2-1-3-7-12)19-11-18-13-8-4-5-9-14(13)19/h1-11H. The lowest BCUT2D eigenvalue weighted by Crippen LogP contribution is -2.31. The maximum Gasteiger partial charge on any atom is 0.282 e. The number of imidazole rings is 1. The summed E-state index contributed by atoms with van der Waals surface area (Å²) < 4.78 is 1.65. The van der Waals surface area contributed by atoms with E-state index in [-0.39, 0.29) is 11.8 Å². The number of benzene rings is 2. The molecular formula is C17H11N3O2. The number of imide groups is 1. The van der Waals surface area contributed by atoms with Crippen LogP contribution in [0.15, 0.2) is 67.0 Å². The Kier molecular flexibility index (Phi) is 2.66. The smallest absolute Gasteiger partial charge is 0.282 e. The van der Waals surface area contributed by atoms with E-state index < -0.39 is 0 Å². The molecule has 0 N–H and O–H groups in total. The molecular weight excluding hydrogens is 278 g/mol. The van der Waals surface area contributed by atoms with Crippen molar-refractivity contribution in [3.05, 3.63) is 67.0 Å². The van der Waals surface area contributed by atoms with Crippen LogP contribution in [0.2, 0.25) is 0 Å². The van der Waals surface area contributed by atoms with Crippen molar-refractivity contribution in [1.82, 2.24) is 9.55 Å². The number of para-hydroxylation sites is 3. The largest absolute Gasteiger partial charge is 0.294 e. The molecule has 0 aliphatic carbocycles. The Balaban J connectivity index is 1.80. The molecule has 3 aromatic rings. The van der Waals surface area contributed by atoms with Crippen LogP contribution in [0.25, 0.3) is 16.7 Å². The molecule has 2 amide bonds. The first kappa shape index (κ1) is 12.5. The Morgan fingerprint density at radius 1 is 0.864 bits per heavy atom. The second kappa shape index (κ2) is 4.66. The van der Waals surface area contributed by atoms with Gasteiger partial charge in [-0.2, -0.15) is 0 Å². The fraction of sp³-hybridized carbons (Fsp3) is 0. The van der Waals surface area contributed by atoms with Gasteiger partial charge in [-0.25, -0.2) is 9.88 Å². The molecule has 0 bridgehead atoms. The van der Waals surface area contributed by atoms with Crippen molar-refractivity contribution in [2.24, 2.45) is 0 Å². The van der Waals surface area contributed by atoms with E-state index in [1.54, 1.807) is 35.2 Å². The van der Waals surface area contributed by atoms with Crippen LogP contribution in [0.3, 0.4) is 0 Å². The molecule has 0 unspecified atom stereocenters. The zero-order valence-corrected chi connectivity index (χ0v) is 11.5. The van der Waals surface area contributed by atoms with Crippen LogP contribution in [-0.2, 0) is 9.59 Å². The van der Waals surface area contributed by atoms with E-state index in [0.29, 0.717) is 11.4 Å². The Morgan fingerprint density at radius 3 is 2.41 bits per heavy atom. The van der Waals surface area contributed by atoms with Crippen molar-refractivity contribution >= 4 is 34.2 Å². The van der Waals surface area contributed by atoms with Crippen molar-refractivity contribution < 1.29 is 9.59 Å². The molecule has 2 aromatic carbocycles. The minimum Gasteiger partial charge on any atom is -0.294 e. The van der Waals surface area contributed by atoms with Gasteiger partial charge in [-0.15, -0.1) is 0 Å². The number of carbonyl (C=O) groups excluding carboxylic acids is 2. The van der Waals surface area contributed by atoms with Crippen LogP contribution < -0.4 is 4.90 Å². The molecule has 1 aliphatic heterocycles. The average Bonchev–Trinajstić information content (AvgIpc) is 3.09. The first-order valence-electron chi connectivity index (χ1n) is 6.83. The monoisotopic (exact) mass is 289 g/mol. The molecule has 0 saturated carbocycles. The van der Waals surface area contributed by atoms with Crippen molar-refractivity contribution in [2.45, 2.75) is 0 Å². The summed E-state index contributed by atoms with van der Waals surface area (Å²) in [6, 6.07) is 16.4. The fourth-order valence-corrected chi connectivity index (χ4v) is 2.60. The zero-order valence-electron chi connectivity index (χ0n) is 11.5. The minimum atomic E-state index is -0.348. The first-order chi connectivity index (χ1) is 10.8. The lowest BCUT2D eigenvalue weighted by atomic mass is 10.3. The Bertz CT molecular complexity index is 925. The van der Waals surface area contributed by atoms with Crippen LogP contribution >= 0.6 is 0 Å². The SMILES string of the molecule is O=C1C=C(n2cnc3ccccc32)C(=O)N1c1ccccc1. The van der Waals surface area contributed by atoms with Crippen LogP contribution in [0.1, 0.15) is 0 Å². The topological polar surface area (TPSA) is 55.2 Å². The molecule has 0 radical (unpaired) electrons. The van der Waals surface area contributed by atoms with Crippen LogP contribution in [-0.4, -0.2) is 21.4 Å². The van der Waals surface area contributed by atoms with Gasteiger partial charge in [-0.1, -0.05) is 30.3 Å². The van der Waals surface area contributed by atoms with Gasteiger partial charge in [0.05, 0.1) is 16.7 Å². The molecule has 5 heteroatoms. The number of hydrogen-bond acceptors (Lipinski definition) is 3. The van der Waals surface area contributed by atoms with Crippen molar-refractivity contribution in [3.63, 3.8) is 0 Å². The molecule has 22 heavy (non-hydrogen) atoms. The quantitative estimate of drug-likeness (QED) is 0.681. The average molecular weight is 289 g/mol. The summed E-state index contributed by atoms with van der Waals surface area (Å²) in [5, 5.41) is 0. The summed E-state index contributed by atoms with van der Waals surface area (Å²) in [5.41, 5.74) is 2.45. The molecule has 106 valence electrons. The first-order valence-corrected chi connectivity index (χ1v) is 6.83. The molecule has 0 atom stereocenters. The molecule has 2 heterocycles. The van der Waals surface area contributed by atoms with Gasteiger partial charge in [-0.3, -0.25) is 14.2 Å². The molecule has 0 spiro atoms. The number of anilines is 1. The normalized spacial score (nSPS) is 14.7. The van der Waals surface area contributed by atoms with E-state index in [1.807, 2.05) is 30.3 Å². The van der Waals surface area contributed by atoms with Crippen molar-refractivity contribution in [3.8, 4) is 0 Å². The lowest BCUT2D eigenvalue weighted by Gasteiger charge is -2.14. The van der Waals surface area contributed by atoms with Gasteiger partial charge in [-0.05, 0) is 24.3 Å². The second-order valence-electron chi connectivity index (χ2n) is 4.95. The lowest BCUT2D eigenvalue weighted by molar-refractivity contribution is -0.119. The highest BCUT2D eigenvalue weighted by Gasteiger charge is 2.33. The van der Waals surface area contributed by atoms with Gasteiger partial charge in [0.1, 0.15) is 12.0 Å². The van der Waals surface area contributed by atoms with E-state index in [4.69, 9.17) is 0 Å². The maximum absolute atomic E-state index is 12.6. The summed E-state index contributed by atoms with van der Waals surface area (Å²) in [6.45, 7) is 0. The van der Waals surface area contributed by atoms with E-state index in [9.17, 15) is 9.59 Å². The number of fused-ring (bicyclic) bond motifs is 1. The number of hydrogen-bond donors (Lipinski definition) is 0. The van der Waals surface area contributed by atoms with Gasteiger partial charge >= 0.3 is 0 Å². The maximum atomic E-state index is 12.6. The van der Waals surface area contributed by atoms with E-state index >= 15 is 0 Å². The number of amides is 2. The summed E-state index contributed by atoms with van der Waals surface area (Å²) in [7, 11) is 0. The fourth-order valence-electron chi connectivity index (χ4n) is 2.60. The molecule has 1 aromatic heterocycles. The van der Waals surface area contributed by atoms with E-state index in [0.717, 1.165) is 11.0 Å². The second-order valence-corrected chi connectivity index (χ2v) is 4.95. The van der Waals surface area contributed by atoms with Crippen molar-refractivity contribution in [2.75, 3.05) is 4.90 Å². The van der Waals surface area contributed by atoms with Gasteiger partial charge in [0.2, 0.25) is 0 Å². The highest BCUT2D eigenvalue weighted by atomic mass is 16.2. The number of nitrogens with zero attached hydrogens (tertiary/aromatic N) is 3. The van der Waals surface area contributed by atoms with Crippen molar-refractivity contribution in [1.29, 1.82) is 0 Å². The van der Waals surface area contributed by atoms with Gasteiger partial charge in [0, 0.05) is 6.08 Å². The van der Waals surface area contributed by atoms with E-state index in [1.165, 1.54) is 11.0 Å². The summed E-state index contributed by atoms with van der Waals surface area (Å²) in [6.07, 6.45) is 2.92. The third kappa shape index (κ3) is 1.76. The van der Waals surface area contributed by atoms with Gasteiger partial charge in [0.15, 0.2) is 0 Å². The molecule has 4 rings (SSSR count). The summed E-state index contributed by atoms with van der Waals surface area (Å²) in [4.78, 5) is 30.3. The third-order valence-corrected chi connectivity index (χ3v) is 3.63. The molecule has 0 saturated heterocycles. The highest BCUT2D eigenvalue weighted by molar-refractivity contribution is 6.41. The predicted molar refractivity (Wildman–Crippen MR) is 82.9 cm³/mol. The third-order valence-electron chi connectivity index (χ3n) is 3.63. The Morgan fingerprint density at radius 2 is 1.59 bits per heavy atom. The number of aromatic nitrogens is 2. The number of rotatable bonds is 2. The van der Waals surface area contributed by atoms with Crippen LogP contribution in [0.4, 0.5) is 5.69 Å². The number of carbonyl (C=O) groups is 2. The minimum absolute atomic E-state index is 0.308. The highest BCUT2D eigenvalue weighted by Crippen LogP contribution is 2.26. The summed E-state index contributed by atoms with van der Waals surface area (Å²) in [5.74, 6) is -0.691. The van der Waals surface area contributed by atoms with Gasteiger partial charge < -0.3 is 0 Å². The predicted octanol–water partition coefficient (Wildman–Crippen LogP) is 2.45. The molecule has 0 fully saturated rings. The molecule has 1 aliphatic rings. The summed E-state index contributed by atoms with van der Waals surface area (Å²) >= 11 is 0. The zero-order chi connectivity index (χ0) is 15.1. The Hall–Kier alpha value is -3.21.